The highest BCUT2D eigenvalue weighted by Gasteiger charge is 2.13. The molecule has 1 amide bonds. The molecule has 0 saturated heterocycles. The molecule has 2 rings (SSSR count). The SMILES string of the molecule is CN(CCc1nccs1)C(=O)c1ccc[nH]c1=S. The van der Waals surface area contributed by atoms with E-state index in [9.17, 15) is 4.79 Å². The Bertz CT molecular complexity index is 577. The number of nitrogens with zero attached hydrogens (tertiary/aromatic N) is 2. The van der Waals surface area contributed by atoms with Crippen LogP contribution in [-0.2, 0) is 6.42 Å². The first-order chi connectivity index (χ1) is 8.68. The summed E-state index contributed by atoms with van der Waals surface area (Å²) in [6, 6.07) is 3.51. The lowest BCUT2D eigenvalue weighted by Crippen LogP contribution is -2.29. The van der Waals surface area contributed by atoms with E-state index in [0.29, 0.717) is 16.7 Å². The van der Waals surface area contributed by atoms with Crippen molar-refractivity contribution in [2.75, 3.05) is 13.6 Å². The van der Waals surface area contributed by atoms with Gasteiger partial charge in [0.25, 0.3) is 5.91 Å². The molecule has 1 N–H and O–H groups in total. The molecule has 2 aromatic rings. The first kappa shape index (κ1) is 12.9. The molecule has 94 valence electrons. The Morgan fingerprint density at radius 3 is 3.11 bits per heavy atom. The summed E-state index contributed by atoms with van der Waals surface area (Å²) in [6.07, 6.45) is 4.26. The van der Waals surface area contributed by atoms with Gasteiger partial charge in [-0.2, -0.15) is 0 Å². The second-order valence-electron chi connectivity index (χ2n) is 3.82. The van der Waals surface area contributed by atoms with E-state index in [1.807, 2.05) is 5.38 Å². The minimum Gasteiger partial charge on any atom is -0.352 e. The molecule has 0 radical (unpaired) electrons. The smallest absolute Gasteiger partial charge is 0.256 e. The van der Waals surface area contributed by atoms with Gasteiger partial charge in [-0.05, 0) is 12.1 Å². The van der Waals surface area contributed by atoms with Crippen LogP contribution in [0.2, 0.25) is 0 Å². The van der Waals surface area contributed by atoms with Crippen LogP contribution in [0.5, 0.6) is 0 Å². The summed E-state index contributed by atoms with van der Waals surface area (Å²) in [6.45, 7) is 0.635. The molecule has 0 aliphatic rings. The topological polar surface area (TPSA) is 49.0 Å². The molecule has 0 unspecified atom stereocenters. The van der Waals surface area contributed by atoms with E-state index in [4.69, 9.17) is 12.2 Å². The van der Waals surface area contributed by atoms with Crippen LogP contribution in [-0.4, -0.2) is 34.4 Å². The van der Waals surface area contributed by atoms with Crippen LogP contribution in [0.4, 0.5) is 0 Å². The molecule has 0 atom stereocenters. The quantitative estimate of drug-likeness (QED) is 0.875. The number of likely N-dealkylation sites (N-methyl/N-ethyl adjacent to an activating group) is 1. The number of aromatic amines is 1. The molecule has 2 heterocycles. The molecule has 4 nitrogen and oxygen atoms in total. The van der Waals surface area contributed by atoms with E-state index < -0.39 is 0 Å². The van der Waals surface area contributed by atoms with Crippen molar-refractivity contribution in [3.63, 3.8) is 0 Å². The number of thiazole rings is 1. The predicted octanol–water partition coefficient (Wildman–Crippen LogP) is 2.52. The van der Waals surface area contributed by atoms with Crippen LogP contribution >= 0.6 is 23.6 Å². The second kappa shape index (κ2) is 5.88. The number of rotatable bonds is 4. The Labute approximate surface area is 114 Å². The van der Waals surface area contributed by atoms with Crippen LogP contribution < -0.4 is 0 Å². The van der Waals surface area contributed by atoms with Gasteiger partial charge in [0.15, 0.2) is 0 Å². The molecule has 6 heteroatoms. The van der Waals surface area contributed by atoms with Crippen LogP contribution in [0.15, 0.2) is 29.9 Å². The zero-order valence-electron chi connectivity index (χ0n) is 9.92. The fourth-order valence-corrected chi connectivity index (χ4v) is 2.37. The Morgan fingerprint density at radius 1 is 1.61 bits per heavy atom. The molecule has 0 saturated carbocycles. The average Bonchev–Trinajstić information content (AvgIpc) is 2.89. The van der Waals surface area contributed by atoms with Gasteiger partial charge in [0, 0.05) is 37.8 Å². The summed E-state index contributed by atoms with van der Waals surface area (Å²) in [7, 11) is 1.78. The van der Waals surface area contributed by atoms with Crippen molar-refractivity contribution in [2.24, 2.45) is 0 Å². The largest absolute Gasteiger partial charge is 0.352 e. The van der Waals surface area contributed by atoms with Gasteiger partial charge in [-0.15, -0.1) is 11.3 Å². The van der Waals surface area contributed by atoms with Gasteiger partial charge in [-0.1, -0.05) is 12.2 Å². The van der Waals surface area contributed by atoms with Gasteiger partial charge in [-0.25, -0.2) is 4.98 Å². The number of nitrogens with one attached hydrogen (secondary N) is 1. The van der Waals surface area contributed by atoms with E-state index in [0.717, 1.165) is 11.4 Å². The zero-order chi connectivity index (χ0) is 13.0. The van der Waals surface area contributed by atoms with Gasteiger partial charge >= 0.3 is 0 Å². The molecule has 2 aromatic heterocycles. The third-order valence-electron chi connectivity index (χ3n) is 2.54. The minimum atomic E-state index is -0.0617. The lowest BCUT2D eigenvalue weighted by molar-refractivity contribution is 0.0795. The fourth-order valence-electron chi connectivity index (χ4n) is 1.54. The van der Waals surface area contributed by atoms with E-state index >= 15 is 0 Å². The highest BCUT2D eigenvalue weighted by Crippen LogP contribution is 2.08. The minimum absolute atomic E-state index is 0.0617. The summed E-state index contributed by atoms with van der Waals surface area (Å²) in [5.74, 6) is -0.0617. The highest BCUT2D eigenvalue weighted by molar-refractivity contribution is 7.71. The number of carbonyl (C=O) groups is 1. The summed E-state index contributed by atoms with van der Waals surface area (Å²) in [5, 5.41) is 2.97. The third-order valence-corrected chi connectivity index (χ3v) is 3.72. The second-order valence-corrected chi connectivity index (χ2v) is 5.20. The molecule has 0 aromatic carbocycles. The van der Waals surface area contributed by atoms with Crippen LogP contribution in [0.3, 0.4) is 0 Å². The van der Waals surface area contributed by atoms with Gasteiger partial charge in [0.1, 0.15) is 4.64 Å². The maximum absolute atomic E-state index is 12.1. The van der Waals surface area contributed by atoms with Crippen molar-refractivity contribution >= 4 is 29.5 Å². The standard InChI is InChI=1S/C12H13N3OS2/c1-15(7-4-10-13-6-8-18-10)12(16)9-3-2-5-14-11(9)17/h2-3,5-6,8H,4,7H2,1H3,(H,14,17). The first-order valence-corrected chi connectivity index (χ1v) is 6.79. The molecule has 0 fully saturated rings. The van der Waals surface area contributed by atoms with Crippen LogP contribution in [0.1, 0.15) is 15.4 Å². The molecule has 0 aliphatic carbocycles. The van der Waals surface area contributed by atoms with Crippen molar-refractivity contribution in [1.29, 1.82) is 0 Å². The molecular formula is C12H13N3OS2. The highest BCUT2D eigenvalue weighted by atomic mass is 32.1. The summed E-state index contributed by atoms with van der Waals surface area (Å²) in [4.78, 5) is 20.9. The number of aromatic nitrogens is 2. The summed E-state index contributed by atoms with van der Waals surface area (Å²) >= 11 is 6.70. The zero-order valence-corrected chi connectivity index (χ0v) is 11.6. The molecule has 0 bridgehead atoms. The predicted molar refractivity (Wildman–Crippen MR) is 74.4 cm³/mol. The number of amides is 1. The molecule has 0 spiro atoms. The Balaban J connectivity index is 2.01. The summed E-state index contributed by atoms with van der Waals surface area (Å²) in [5.41, 5.74) is 0.536. The monoisotopic (exact) mass is 279 g/mol. The third kappa shape index (κ3) is 3.02. The first-order valence-electron chi connectivity index (χ1n) is 5.50. The van der Waals surface area contributed by atoms with Crippen molar-refractivity contribution in [3.8, 4) is 0 Å². The number of H-pyrrole nitrogens is 1. The normalized spacial score (nSPS) is 10.3. The summed E-state index contributed by atoms with van der Waals surface area (Å²) < 4.78 is 0.476. The number of hydrogen-bond acceptors (Lipinski definition) is 4. The van der Waals surface area contributed by atoms with Gasteiger partial charge in [0.2, 0.25) is 0 Å². The lowest BCUT2D eigenvalue weighted by Gasteiger charge is -2.16. The maximum atomic E-state index is 12.1. The molecular weight excluding hydrogens is 266 g/mol. The van der Waals surface area contributed by atoms with Crippen LogP contribution in [0.25, 0.3) is 0 Å². The Morgan fingerprint density at radius 2 is 2.44 bits per heavy atom. The number of hydrogen-bond donors (Lipinski definition) is 1. The van der Waals surface area contributed by atoms with Crippen molar-refractivity contribution in [1.82, 2.24) is 14.9 Å². The fraction of sp³-hybridized carbons (Fsp3) is 0.250. The van der Waals surface area contributed by atoms with E-state index in [1.165, 1.54) is 0 Å². The Hall–Kier alpha value is -1.53. The molecule has 18 heavy (non-hydrogen) atoms. The Kier molecular flexibility index (Phi) is 4.22. The maximum Gasteiger partial charge on any atom is 0.256 e. The van der Waals surface area contributed by atoms with Crippen molar-refractivity contribution in [3.05, 3.63) is 45.1 Å². The van der Waals surface area contributed by atoms with Gasteiger partial charge in [-0.3, -0.25) is 4.79 Å². The van der Waals surface area contributed by atoms with Crippen molar-refractivity contribution in [2.45, 2.75) is 6.42 Å². The number of pyridine rings is 1. The van der Waals surface area contributed by atoms with E-state index in [-0.39, 0.29) is 5.91 Å². The van der Waals surface area contributed by atoms with Crippen molar-refractivity contribution < 1.29 is 4.79 Å². The number of carbonyl (C=O) groups excluding carboxylic acids is 1. The van der Waals surface area contributed by atoms with Gasteiger partial charge in [0.05, 0.1) is 10.6 Å². The van der Waals surface area contributed by atoms with E-state index in [1.54, 1.807) is 47.8 Å². The average molecular weight is 279 g/mol. The van der Waals surface area contributed by atoms with Gasteiger partial charge < -0.3 is 9.88 Å². The molecule has 0 aliphatic heterocycles. The lowest BCUT2D eigenvalue weighted by atomic mass is 10.2. The van der Waals surface area contributed by atoms with Crippen LogP contribution in [0, 0.1) is 4.64 Å². The van der Waals surface area contributed by atoms with E-state index in [2.05, 4.69) is 9.97 Å².